The smallest absolute Gasteiger partial charge is 0.0462 e. The van der Waals surface area contributed by atoms with Crippen LogP contribution in [0.25, 0.3) is 0 Å². The Bertz CT molecular complexity index is 15.9. The molecule has 0 N–H and O–H groups in total. The van der Waals surface area contributed by atoms with E-state index >= 15 is 0 Å². The minimum atomic E-state index is 0.913. The second kappa shape index (κ2) is 4.96. The third-order valence-electron chi connectivity index (χ3n) is 0.702. The Morgan fingerprint density at radius 3 is 2.33 bits per heavy atom. The third kappa shape index (κ3) is 3.96. The minimum absolute atomic E-state index is 0.913. The summed E-state index contributed by atoms with van der Waals surface area (Å²) < 4.78 is 4.78. The first kappa shape index (κ1) is 5.96. The van der Waals surface area contributed by atoms with Crippen molar-refractivity contribution in [3.8, 4) is 0 Å². The van der Waals surface area contributed by atoms with E-state index in [4.69, 9.17) is 4.74 Å². The molecule has 0 bridgehead atoms. The van der Waals surface area contributed by atoms with E-state index in [-0.39, 0.29) is 0 Å². The lowest BCUT2D eigenvalue weighted by Crippen LogP contribution is -1.84. The topological polar surface area (TPSA) is 9.23 Å². The van der Waals surface area contributed by atoms with Crippen LogP contribution in [0.15, 0.2) is 0 Å². The molecule has 0 aliphatic carbocycles. The van der Waals surface area contributed by atoms with E-state index in [1.807, 2.05) is 0 Å². The molecule has 0 aliphatic heterocycles. The van der Waals surface area contributed by atoms with E-state index in [0.717, 1.165) is 6.61 Å². The molecule has 0 aromatic rings. The molecule has 0 saturated heterocycles. The lowest BCUT2D eigenvalue weighted by molar-refractivity contribution is 0.194. The van der Waals surface area contributed by atoms with Crippen LogP contribution in [0, 0.1) is 0 Å². The first-order valence-corrected chi connectivity index (χ1v) is 2.40. The van der Waals surface area contributed by atoms with Crippen molar-refractivity contribution in [2.24, 2.45) is 0 Å². The van der Waals surface area contributed by atoms with Gasteiger partial charge >= 0.3 is 0 Å². The summed E-state index contributed by atoms with van der Waals surface area (Å²) in [6.45, 7) is 3.07. The molecular formula is C5H12O. The van der Waals surface area contributed by atoms with Gasteiger partial charge in [0.25, 0.3) is 0 Å². The predicted octanol–water partition coefficient (Wildman–Crippen LogP) is 1.43. The molecule has 0 radical (unpaired) electrons. The number of hydrogen-bond acceptors (Lipinski definition) is 1. The van der Waals surface area contributed by atoms with E-state index in [0.29, 0.717) is 0 Å². The molecule has 0 fully saturated rings. The molecule has 0 amide bonds. The van der Waals surface area contributed by atoms with Gasteiger partial charge in [0.1, 0.15) is 0 Å². The minimum Gasteiger partial charge on any atom is -0.385 e. The molecule has 6 heavy (non-hydrogen) atoms. The van der Waals surface area contributed by atoms with Crippen LogP contribution in [0.3, 0.4) is 0 Å². The predicted molar refractivity (Wildman–Crippen MR) is 26.8 cm³/mol. The fourth-order valence-corrected chi connectivity index (χ4v) is 0.289. The zero-order valence-electron chi connectivity index (χ0n) is 4.53. The molecule has 0 aliphatic rings. The molecule has 0 aromatic heterocycles. The fraction of sp³-hybridized carbons (Fsp3) is 1.00. The van der Waals surface area contributed by atoms with Gasteiger partial charge in [-0.05, 0) is 6.42 Å². The van der Waals surface area contributed by atoms with Crippen LogP contribution in [0.1, 0.15) is 19.8 Å². The van der Waals surface area contributed by atoms with Gasteiger partial charge in [-0.3, -0.25) is 0 Å². The third-order valence-corrected chi connectivity index (χ3v) is 0.702. The van der Waals surface area contributed by atoms with Crippen LogP contribution >= 0.6 is 0 Å². The summed E-state index contributed by atoms with van der Waals surface area (Å²) >= 11 is 0. The molecule has 0 saturated carbocycles. The fourth-order valence-electron chi connectivity index (χ4n) is 0.289. The zero-order chi connectivity index (χ0) is 4.83. The Kier molecular flexibility index (Phi) is 4.93. The van der Waals surface area contributed by atoms with Crippen LogP contribution in [-0.2, 0) is 4.74 Å². The number of methoxy groups -OCH3 is 1. The van der Waals surface area contributed by atoms with Crippen LogP contribution in [-0.4, -0.2) is 13.7 Å². The molecule has 0 rings (SSSR count). The highest BCUT2D eigenvalue weighted by molar-refractivity contribution is 4.26. The van der Waals surface area contributed by atoms with E-state index in [1.54, 1.807) is 7.11 Å². The largest absolute Gasteiger partial charge is 0.385 e. The Morgan fingerprint density at radius 1 is 1.50 bits per heavy atom. The normalized spacial score (nSPS) is 9.00. The van der Waals surface area contributed by atoms with Gasteiger partial charge in [0.2, 0.25) is 0 Å². The van der Waals surface area contributed by atoms with Crippen molar-refractivity contribution in [2.75, 3.05) is 13.7 Å². The lowest BCUT2D eigenvalue weighted by Gasteiger charge is -1.89. The Morgan fingerprint density at radius 2 is 2.17 bits per heavy atom. The molecular weight excluding hydrogens is 76.1 g/mol. The highest BCUT2D eigenvalue weighted by atomic mass is 16.5. The van der Waals surface area contributed by atoms with Gasteiger partial charge in [-0.2, -0.15) is 0 Å². The van der Waals surface area contributed by atoms with Crippen LogP contribution < -0.4 is 0 Å². The maximum atomic E-state index is 4.78. The summed E-state index contributed by atoms with van der Waals surface area (Å²) in [4.78, 5) is 0. The number of unbranched alkanes of at least 4 members (excludes halogenated alkanes) is 1. The van der Waals surface area contributed by atoms with Crippen molar-refractivity contribution in [3.05, 3.63) is 0 Å². The Balaban J connectivity index is 2.34. The standard InChI is InChI=1S/C5H12O/c1-3-4-5-6-2/h3-5H2,1-2H3. The monoisotopic (exact) mass is 88.1 g/mol. The molecule has 0 unspecified atom stereocenters. The lowest BCUT2D eigenvalue weighted by atomic mass is 10.4. The van der Waals surface area contributed by atoms with Gasteiger partial charge in [0.05, 0.1) is 0 Å². The summed E-state index contributed by atoms with van der Waals surface area (Å²) in [7, 11) is 1.73. The van der Waals surface area contributed by atoms with E-state index in [2.05, 4.69) is 6.92 Å². The zero-order valence-corrected chi connectivity index (χ0v) is 4.53. The van der Waals surface area contributed by atoms with E-state index < -0.39 is 0 Å². The quantitative estimate of drug-likeness (QED) is 0.474. The van der Waals surface area contributed by atoms with Gasteiger partial charge in [0, 0.05) is 13.7 Å². The number of rotatable bonds is 3. The van der Waals surface area contributed by atoms with Crippen LogP contribution in [0.2, 0.25) is 0 Å². The average molecular weight is 88.1 g/mol. The molecule has 1 heteroatoms. The summed E-state index contributed by atoms with van der Waals surface area (Å²) in [6, 6.07) is 0. The van der Waals surface area contributed by atoms with Crippen molar-refractivity contribution < 1.29 is 4.74 Å². The maximum absolute atomic E-state index is 4.78. The summed E-state index contributed by atoms with van der Waals surface area (Å²) in [5.41, 5.74) is 0. The van der Waals surface area contributed by atoms with Crippen molar-refractivity contribution in [2.45, 2.75) is 19.8 Å². The first-order valence-electron chi connectivity index (χ1n) is 2.40. The average Bonchev–Trinajstić information content (AvgIpc) is 1.61. The van der Waals surface area contributed by atoms with Crippen LogP contribution in [0.4, 0.5) is 0 Å². The number of ether oxygens (including phenoxy) is 1. The molecule has 0 atom stereocenters. The first-order chi connectivity index (χ1) is 2.91. The maximum Gasteiger partial charge on any atom is 0.0462 e. The molecule has 1 nitrogen and oxygen atoms in total. The highest BCUT2D eigenvalue weighted by Gasteiger charge is 1.74. The van der Waals surface area contributed by atoms with Gasteiger partial charge in [-0.15, -0.1) is 0 Å². The van der Waals surface area contributed by atoms with Crippen LogP contribution in [0.5, 0.6) is 0 Å². The molecule has 0 aromatic carbocycles. The Hall–Kier alpha value is -0.0400. The second-order valence-corrected chi connectivity index (χ2v) is 1.35. The van der Waals surface area contributed by atoms with Crippen molar-refractivity contribution >= 4 is 0 Å². The van der Waals surface area contributed by atoms with Crippen molar-refractivity contribution in [1.82, 2.24) is 0 Å². The van der Waals surface area contributed by atoms with E-state index in [1.165, 1.54) is 12.8 Å². The molecule has 38 valence electrons. The van der Waals surface area contributed by atoms with Crippen molar-refractivity contribution in [3.63, 3.8) is 0 Å². The summed E-state index contributed by atoms with van der Waals surface area (Å²) in [6.07, 6.45) is 2.42. The summed E-state index contributed by atoms with van der Waals surface area (Å²) in [5.74, 6) is 0. The second-order valence-electron chi connectivity index (χ2n) is 1.35. The van der Waals surface area contributed by atoms with Gasteiger partial charge < -0.3 is 4.74 Å². The van der Waals surface area contributed by atoms with Gasteiger partial charge in [-0.1, -0.05) is 13.3 Å². The highest BCUT2D eigenvalue weighted by Crippen LogP contribution is 1.83. The summed E-state index contributed by atoms with van der Waals surface area (Å²) in [5, 5.41) is 0. The molecule has 0 spiro atoms. The van der Waals surface area contributed by atoms with Gasteiger partial charge in [0.15, 0.2) is 0 Å². The number of hydrogen-bond donors (Lipinski definition) is 0. The van der Waals surface area contributed by atoms with Gasteiger partial charge in [-0.25, -0.2) is 0 Å². The van der Waals surface area contributed by atoms with E-state index in [9.17, 15) is 0 Å². The Labute approximate surface area is 39.3 Å². The molecule has 0 heterocycles. The van der Waals surface area contributed by atoms with Crippen molar-refractivity contribution in [1.29, 1.82) is 0 Å². The SMILES string of the molecule is CCCCOC.